The van der Waals surface area contributed by atoms with E-state index in [2.05, 4.69) is 33.8 Å². The molecule has 0 saturated heterocycles. The molecule has 0 aromatic heterocycles. The van der Waals surface area contributed by atoms with Gasteiger partial charge in [-0.15, -0.1) is 0 Å². The first-order valence-electron chi connectivity index (χ1n) is 7.12. The van der Waals surface area contributed by atoms with Gasteiger partial charge in [0.25, 0.3) is 0 Å². The summed E-state index contributed by atoms with van der Waals surface area (Å²) >= 11 is 0. The summed E-state index contributed by atoms with van der Waals surface area (Å²) in [4.78, 5) is 0. The number of fused-ring (bicyclic) bond motifs is 2. The Hall–Kier alpha value is -0.980. The van der Waals surface area contributed by atoms with Gasteiger partial charge in [0.15, 0.2) is 0 Å². The topological polar surface area (TPSA) is 20.2 Å². The highest BCUT2D eigenvalue weighted by Crippen LogP contribution is 2.68. The van der Waals surface area contributed by atoms with Crippen LogP contribution in [0.4, 0.5) is 0 Å². The van der Waals surface area contributed by atoms with Gasteiger partial charge >= 0.3 is 0 Å². The van der Waals surface area contributed by atoms with Crippen LogP contribution in [-0.2, 0) is 0 Å². The maximum absolute atomic E-state index is 10.1. The summed E-state index contributed by atoms with van der Waals surface area (Å²) in [5, 5.41) is 10.1. The molecule has 3 unspecified atom stereocenters. The van der Waals surface area contributed by atoms with Crippen molar-refractivity contribution < 1.29 is 5.11 Å². The molecule has 2 fully saturated rings. The van der Waals surface area contributed by atoms with E-state index in [1.807, 2.05) is 12.1 Å². The molecule has 1 nitrogen and oxygen atoms in total. The lowest BCUT2D eigenvalue weighted by Gasteiger charge is -2.42. The fraction of sp³-hybridized carbons (Fsp3) is 0.647. The lowest BCUT2D eigenvalue weighted by Crippen LogP contribution is -2.32. The number of aromatic hydroxyl groups is 1. The first kappa shape index (κ1) is 12.1. The van der Waals surface area contributed by atoms with Crippen molar-refractivity contribution in [2.45, 2.75) is 52.9 Å². The third-order valence-corrected chi connectivity index (χ3v) is 5.94. The Kier molecular flexibility index (Phi) is 2.36. The molecule has 18 heavy (non-hydrogen) atoms. The number of benzene rings is 1. The second kappa shape index (κ2) is 3.53. The zero-order valence-corrected chi connectivity index (χ0v) is 12.0. The average molecular weight is 244 g/mol. The van der Waals surface area contributed by atoms with Crippen LogP contribution in [0.3, 0.4) is 0 Å². The van der Waals surface area contributed by atoms with Gasteiger partial charge in [0.05, 0.1) is 0 Å². The fourth-order valence-corrected chi connectivity index (χ4v) is 4.46. The molecule has 1 aromatic rings. The van der Waals surface area contributed by atoms with E-state index < -0.39 is 0 Å². The van der Waals surface area contributed by atoms with Gasteiger partial charge in [-0.1, -0.05) is 38.5 Å². The molecule has 1 N–H and O–H groups in total. The molecule has 2 bridgehead atoms. The van der Waals surface area contributed by atoms with Crippen LogP contribution in [0.1, 0.15) is 57.1 Å². The highest BCUT2D eigenvalue weighted by Gasteiger charge is 2.58. The fourth-order valence-electron chi connectivity index (χ4n) is 4.46. The van der Waals surface area contributed by atoms with Crippen LogP contribution in [0.2, 0.25) is 0 Å². The van der Waals surface area contributed by atoms with E-state index in [0.717, 1.165) is 5.92 Å². The van der Waals surface area contributed by atoms with Crippen LogP contribution in [0.15, 0.2) is 18.2 Å². The second-order valence-corrected chi connectivity index (χ2v) is 7.49. The van der Waals surface area contributed by atoms with E-state index in [1.54, 1.807) is 0 Å². The zero-order chi connectivity index (χ0) is 13.1. The molecule has 1 aromatic carbocycles. The van der Waals surface area contributed by atoms with E-state index in [-0.39, 0.29) is 0 Å². The van der Waals surface area contributed by atoms with Crippen LogP contribution in [0, 0.1) is 23.7 Å². The van der Waals surface area contributed by atoms with E-state index in [4.69, 9.17) is 0 Å². The molecule has 2 aliphatic carbocycles. The van der Waals surface area contributed by atoms with Crippen LogP contribution < -0.4 is 0 Å². The van der Waals surface area contributed by atoms with Crippen LogP contribution in [0.5, 0.6) is 5.75 Å². The Morgan fingerprint density at radius 2 is 1.83 bits per heavy atom. The van der Waals surface area contributed by atoms with Gasteiger partial charge in [0, 0.05) is 0 Å². The van der Waals surface area contributed by atoms with Crippen molar-refractivity contribution >= 4 is 0 Å². The van der Waals surface area contributed by atoms with Crippen molar-refractivity contribution in [3.8, 4) is 5.75 Å². The Bertz CT molecular complexity index is 486. The van der Waals surface area contributed by atoms with Crippen molar-refractivity contribution in [1.82, 2.24) is 0 Å². The number of aryl methyl sites for hydroxylation is 1. The Labute approximate surface area is 110 Å². The highest BCUT2D eigenvalue weighted by molar-refractivity contribution is 5.40. The number of rotatable bonds is 1. The number of phenolic OH excluding ortho intramolecular Hbond substituents is 1. The van der Waals surface area contributed by atoms with E-state index >= 15 is 0 Å². The van der Waals surface area contributed by atoms with Crippen molar-refractivity contribution in [2.75, 3.05) is 0 Å². The van der Waals surface area contributed by atoms with Crippen molar-refractivity contribution in [2.24, 2.45) is 16.7 Å². The Balaban J connectivity index is 1.96. The lowest BCUT2D eigenvalue weighted by molar-refractivity contribution is 0.102. The third-order valence-electron chi connectivity index (χ3n) is 5.94. The monoisotopic (exact) mass is 244 g/mol. The minimum atomic E-state index is 0.457. The molecule has 0 heterocycles. The SMILES string of the molecule is Cc1ccc(O)c(C2CC3(C)CC2CC3(C)C)c1. The summed E-state index contributed by atoms with van der Waals surface area (Å²) in [6, 6.07) is 6.05. The minimum absolute atomic E-state index is 0.457. The molecular weight excluding hydrogens is 220 g/mol. The van der Waals surface area contributed by atoms with E-state index in [9.17, 15) is 5.11 Å². The molecular formula is C17H24O. The molecule has 2 saturated carbocycles. The highest BCUT2D eigenvalue weighted by atomic mass is 16.3. The van der Waals surface area contributed by atoms with E-state index in [1.165, 1.54) is 30.4 Å². The molecule has 0 spiro atoms. The molecule has 98 valence electrons. The summed E-state index contributed by atoms with van der Waals surface area (Å²) in [7, 11) is 0. The van der Waals surface area contributed by atoms with E-state index in [0.29, 0.717) is 22.5 Å². The second-order valence-electron chi connectivity index (χ2n) is 7.49. The normalized spacial score (nSPS) is 37.1. The van der Waals surface area contributed by atoms with Gasteiger partial charge in [0.2, 0.25) is 0 Å². The van der Waals surface area contributed by atoms with Crippen molar-refractivity contribution in [1.29, 1.82) is 0 Å². The largest absolute Gasteiger partial charge is 0.508 e. The molecule has 1 heteroatoms. The molecule has 0 aliphatic heterocycles. The predicted octanol–water partition coefficient (Wildman–Crippen LogP) is 4.63. The van der Waals surface area contributed by atoms with Gasteiger partial charge in [-0.2, -0.15) is 0 Å². The van der Waals surface area contributed by atoms with Crippen molar-refractivity contribution in [3.63, 3.8) is 0 Å². The van der Waals surface area contributed by atoms with Gasteiger partial charge in [0.1, 0.15) is 5.75 Å². The summed E-state index contributed by atoms with van der Waals surface area (Å²) in [5.41, 5.74) is 3.38. The Morgan fingerprint density at radius 3 is 2.39 bits per heavy atom. The first-order chi connectivity index (χ1) is 8.32. The van der Waals surface area contributed by atoms with Gasteiger partial charge in [-0.25, -0.2) is 0 Å². The molecule has 0 radical (unpaired) electrons. The summed E-state index contributed by atoms with van der Waals surface area (Å²) < 4.78 is 0. The van der Waals surface area contributed by atoms with Gasteiger partial charge in [-0.3, -0.25) is 0 Å². The maximum Gasteiger partial charge on any atom is 0.119 e. The Morgan fingerprint density at radius 1 is 1.11 bits per heavy atom. The summed E-state index contributed by atoms with van der Waals surface area (Å²) in [6.45, 7) is 9.39. The summed E-state index contributed by atoms with van der Waals surface area (Å²) in [5.74, 6) is 1.83. The van der Waals surface area contributed by atoms with Gasteiger partial charge < -0.3 is 5.11 Å². The molecule has 3 rings (SSSR count). The first-order valence-corrected chi connectivity index (χ1v) is 7.12. The predicted molar refractivity (Wildman–Crippen MR) is 74.8 cm³/mol. The van der Waals surface area contributed by atoms with Crippen LogP contribution in [0.25, 0.3) is 0 Å². The van der Waals surface area contributed by atoms with Crippen molar-refractivity contribution in [3.05, 3.63) is 29.3 Å². The number of hydrogen-bond acceptors (Lipinski definition) is 1. The minimum Gasteiger partial charge on any atom is -0.508 e. The zero-order valence-electron chi connectivity index (χ0n) is 12.0. The lowest BCUT2D eigenvalue weighted by atomic mass is 9.63. The number of hydrogen-bond donors (Lipinski definition) is 1. The maximum atomic E-state index is 10.1. The number of phenols is 1. The molecule has 2 aliphatic rings. The summed E-state index contributed by atoms with van der Waals surface area (Å²) in [6.07, 6.45) is 3.88. The third kappa shape index (κ3) is 1.52. The molecule has 3 atom stereocenters. The van der Waals surface area contributed by atoms with Gasteiger partial charge in [-0.05, 0) is 60.5 Å². The van der Waals surface area contributed by atoms with Crippen LogP contribution in [-0.4, -0.2) is 5.11 Å². The standard InChI is InChI=1S/C17H24O/c1-11-5-6-15(18)13(7-11)14-10-17(4)9-12(14)8-16(17,2)3/h5-7,12,14,18H,8-10H2,1-4H3. The molecule has 0 amide bonds. The smallest absolute Gasteiger partial charge is 0.119 e. The quantitative estimate of drug-likeness (QED) is 0.763. The van der Waals surface area contributed by atoms with Crippen LogP contribution >= 0.6 is 0 Å². The average Bonchev–Trinajstić information content (AvgIpc) is 2.70.